The lowest BCUT2D eigenvalue weighted by Gasteiger charge is -2.07. The molecule has 3 rings (SSSR count). The summed E-state index contributed by atoms with van der Waals surface area (Å²) in [5.41, 5.74) is 2.04. The summed E-state index contributed by atoms with van der Waals surface area (Å²) in [6.45, 7) is 0. The van der Waals surface area contributed by atoms with Crippen LogP contribution in [0.4, 0.5) is 5.69 Å². The highest BCUT2D eigenvalue weighted by atomic mass is 32.1. The van der Waals surface area contributed by atoms with Crippen LogP contribution in [0, 0.1) is 0 Å². The number of carboxylic acid groups (broad SMARTS) is 1. The standard InChI is InChI=1S/C20H16N2O4S/c1-26-16-8-6-14(7-9-16)19(23)22-15-4-2-3-13(11-15)5-10-18-21-12-17(27-18)20(24)25/h2-12H,1H3,(H,22,23)(H,24,25)/b10-5+. The predicted octanol–water partition coefficient (Wildman–Crippen LogP) is 4.27. The summed E-state index contributed by atoms with van der Waals surface area (Å²) in [7, 11) is 1.57. The van der Waals surface area contributed by atoms with Crippen LogP contribution in [-0.2, 0) is 0 Å². The molecule has 3 aromatic rings. The number of carboxylic acids is 1. The number of carbonyl (C=O) groups excluding carboxylic acids is 1. The molecule has 0 aliphatic heterocycles. The van der Waals surface area contributed by atoms with Gasteiger partial charge in [0.05, 0.1) is 13.3 Å². The number of benzene rings is 2. The molecule has 0 radical (unpaired) electrons. The zero-order valence-electron chi connectivity index (χ0n) is 14.4. The van der Waals surface area contributed by atoms with E-state index in [1.807, 2.05) is 24.3 Å². The Morgan fingerprint density at radius 1 is 1.15 bits per heavy atom. The van der Waals surface area contributed by atoms with Crippen molar-refractivity contribution in [1.29, 1.82) is 0 Å². The van der Waals surface area contributed by atoms with E-state index in [1.54, 1.807) is 43.5 Å². The molecule has 0 aliphatic rings. The molecule has 6 nitrogen and oxygen atoms in total. The lowest BCUT2D eigenvalue weighted by atomic mass is 10.1. The Bertz CT molecular complexity index is 993. The summed E-state index contributed by atoms with van der Waals surface area (Å²) < 4.78 is 5.08. The van der Waals surface area contributed by atoms with E-state index in [4.69, 9.17) is 9.84 Å². The van der Waals surface area contributed by atoms with Crippen LogP contribution in [0.5, 0.6) is 5.75 Å². The van der Waals surface area contributed by atoms with Gasteiger partial charge >= 0.3 is 5.97 Å². The minimum absolute atomic E-state index is 0.190. The lowest BCUT2D eigenvalue weighted by molar-refractivity contribution is 0.0701. The molecule has 27 heavy (non-hydrogen) atoms. The molecule has 0 saturated carbocycles. The van der Waals surface area contributed by atoms with E-state index in [0.29, 0.717) is 22.0 Å². The number of hydrogen-bond donors (Lipinski definition) is 2. The second-order valence-electron chi connectivity index (χ2n) is 5.51. The third-order valence-corrected chi connectivity index (χ3v) is 4.60. The van der Waals surface area contributed by atoms with E-state index in [0.717, 1.165) is 16.9 Å². The SMILES string of the molecule is COc1ccc(C(=O)Nc2cccc(/C=C/c3ncc(C(=O)O)s3)c2)cc1. The molecule has 1 heterocycles. The summed E-state index contributed by atoms with van der Waals surface area (Å²) >= 11 is 1.10. The van der Waals surface area contributed by atoms with Gasteiger partial charge in [-0.15, -0.1) is 11.3 Å². The molecule has 0 saturated heterocycles. The van der Waals surface area contributed by atoms with Crippen LogP contribution < -0.4 is 10.1 Å². The van der Waals surface area contributed by atoms with Crippen LogP contribution in [0.1, 0.15) is 30.6 Å². The fourth-order valence-corrected chi connectivity index (χ4v) is 2.96. The maximum atomic E-state index is 12.3. The molecule has 0 atom stereocenters. The first kappa shape index (κ1) is 18.3. The van der Waals surface area contributed by atoms with Gasteiger partial charge in [0.25, 0.3) is 5.91 Å². The first-order chi connectivity index (χ1) is 13.0. The topological polar surface area (TPSA) is 88.5 Å². The van der Waals surface area contributed by atoms with Crippen LogP contribution >= 0.6 is 11.3 Å². The highest BCUT2D eigenvalue weighted by Crippen LogP contribution is 2.18. The van der Waals surface area contributed by atoms with Gasteiger partial charge in [-0.2, -0.15) is 0 Å². The number of methoxy groups -OCH3 is 1. The molecular weight excluding hydrogens is 364 g/mol. The summed E-state index contributed by atoms with van der Waals surface area (Å²) in [6.07, 6.45) is 4.88. The van der Waals surface area contributed by atoms with E-state index < -0.39 is 5.97 Å². The highest BCUT2D eigenvalue weighted by Gasteiger charge is 2.07. The third-order valence-electron chi connectivity index (χ3n) is 3.65. The molecular formula is C20H16N2O4S. The van der Waals surface area contributed by atoms with E-state index >= 15 is 0 Å². The Labute approximate surface area is 159 Å². The van der Waals surface area contributed by atoms with Crippen LogP contribution in [0.3, 0.4) is 0 Å². The first-order valence-electron chi connectivity index (χ1n) is 7.98. The summed E-state index contributed by atoms with van der Waals surface area (Å²) in [6, 6.07) is 14.2. The number of nitrogens with zero attached hydrogens (tertiary/aromatic N) is 1. The quantitative estimate of drug-likeness (QED) is 0.667. The zero-order valence-corrected chi connectivity index (χ0v) is 15.2. The average Bonchev–Trinajstić information content (AvgIpc) is 3.16. The second kappa shape index (κ2) is 8.29. The highest BCUT2D eigenvalue weighted by molar-refractivity contribution is 7.14. The van der Waals surface area contributed by atoms with Crippen LogP contribution in [0.2, 0.25) is 0 Å². The number of hydrogen-bond acceptors (Lipinski definition) is 5. The van der Waals surface area contributed by atoms with Gasteiger partial charge in [0.2, 0.25) is 0 Å². The van der Waals surface area contributed by atoms with Gasteiger partial charge in [-0.25, -0.2) is 9.78 Å². The maximum absolute atomic E-state index is 12.3. The first-order valence-corrected chi connectivity index (χ1v) is 8.79. The number of ether oxygens (including phenoxy) is 1. The van der Waals surface area contributed by atoms with Crippen LogP contribution in [-0.4, -0.2) is 29.1 Å². The Morgan fingerprint density at radius 3 is 2.59 bits per heavy atom. The van der Waals surface area contributed by atoms with Crippen molar-refractivity contribution in [1.82, 2.24) is 4.98 Å². The van der Waals surface area contributed by atoms with Crippen molar-refractivity contribution < 1.29 is 19.4 Å². The van der Waals surface area contributed by atoms with Crippen LogP contribution in [0.25, 0.3) is 12.2 Å². The smallest absolute Gasteiger partial charge is 0.347 e. The molecule has 0 aliphatic carbocycles. The van der Waals surface area contributed by atoms with Gasteiger partial charge in [-0.3, -0.25) is 4.79 Å². The Hall–Kier alpha value is -3.45. The molecule has 7 heteroatoms. The van der Waals surface area contributed by atoms with E-state index in [-0.39, 0.29) is 10.8 Å². The van der Waals surface area contributed by atoms with Gasteiger partial charge in [0.15, 0.2) is 0 Å². The van der Waals surface area contributed by atoms with Crippen LogP contribution in [0.15, 0.2) is 54.7 Å². The molecule has 2 N–H and O–H groups in total. The van der Waals surface area contributed by atoms with E-state index in [9.17, 15) is 9.59 Å². The minimum atomic E-state index is -0.990. The fraction of sp³-hybridized carbons (Fsp3) is 0.0500. The Kier molecular flexibility index (Phi) is 5.63. The number of aromatic nitrogens is 1. The van der Waals surface area contributed by atoms with Crippen molar-refractivity contribution in [2.45, 2.75) is 0 Å². The zero-order chi connectivity index (χ0) is 19.2. The fourth-order valence-electron chi connectivity index (χ4n) is 2.30. The predicted molar refractivity (Wildman–Crippen MR) is 105 cm³/mol. The van der Waals surface area contributed by atoms with E-state index in [1.165, 1.54) is 6.20 Å². The number of anilines is 1. The number of carbonyl (C=O) groups is 2. The van der Waals surface area contributed by atoms with Crippen molar-refractivity contribution in [2.24, 2.45) is 0 Å². The average molecular weight is 380 g/mol. The van der Waals surface area contributed by atoms with Gasteiger partial charge in [0, 0.05) is 11.3 Å². The Morgan fingerprint density at radius 2 is 1.93 bits per heavy atom. The molecule has 0 bridgehead atoms. The summed E-state index contributed by atoms with van der Waals surface area (Å²) in [4.78, 5) is 27.5. The summed E-state index contributed by atoms with van der Waals surface area (Å²) in [5, 5.41) is 12.4. The molecule has 0 unspecified atom stereocenters. The Balaban J connectivity index is 1.69. The number of nitrogens with one attached hydrogen (secondary N) is 1. The number of rotatable bonds is 6. The molecule has 0 fully saturated rings. The lowest BCUT2D eigenvalue weighted by Crippen LogP contribution is -2.11. The molecule has 1 aromatic heterocycles. The molecule has 136 valence electrons. The third kappa shape index (κ3) is 4.80. The largest absolute Gasteiger partial charge is 0.497 e. The van der Waals surface area contributed by atoms with E-state index in [2.05, 4.69) is 10.3 Å². The van der Waals surface area contributed by atoms with Gasteiger partial charge in [-0.1, -0.05) is 18.2 Å². The molecule has 2 aromatic carbocycles. The van der Waals surface area contributed by atoms with Crippen molar-refractivity contribution >= 4 is 41.1 Å². The molecule has 0 spiro atoms. The maximum Gasteiger partial charge on any atom is 0.347 e. The van der Waals surface area contributed by atoms with Crippen molar-refractivity contribution in [2.75, 3.05) is 12.4 Å². The molecule has 1 amide bonds. The number of aromatic carboxylic acids is 1. The van der Waals surface area contributed by atoms with Crippen molar-refractivity contribution in [3.63, 3.8) is 0 Å². The number of thiazole rings is 1. The van der Waals surface area contributed by atoms with Gasteiger partial charge in [0.1, 0.15) is 15.6 Å². The summed E-state index contributed by atoms with van der Waals surface area (Å²) in [5.74, 6) is -0.521. The second-order valence-corrected chi connectivity index (χ2v) is 6.57. The number of amides is 1. The van der Waals surface area contributed by atoms with Gasteiger partial charge < -0.3 is 15.2 Å². The van der Waals surface area contributed by atoms with Gasteiger partial charge in [-0.05, 0) is 48.0 Å². The van der Waals surface area contributed by atoms with Crippen molar-refractivity contribution in [3.05, 3.63) is 75.7 Å². The minimum Gasteiger partial charge on any atom is -0.497 e. The monoisotopic (exact) mass is 380 g/mol. The van der Waals surface area contributed by atoms with Crippen molar-refractivity contribution in [3.8, 4) is 5.75 Å². The normalized spacial score (nSPS) is 10.7.